The van der Waals surface area contributed by atoms with E-state index in [4.69, 9.17) is 0 Å². The van der Waals surface area contributed by atoms with Gasteiger partial charge in [-0.1, -0.05) is 30.3 Å². The Balaban J connectivity index is 1.52. The first-order valence-corrected chi connectivity index (χ1v) is 8.53. The van der Waals surface area contributed by atoms with Crippen molar-refractivity contribution in [2.24, 2.45) is 0 Å². The van der Waals surface area contributed by atoms with Crippen LogP contribution < -0.4 is 5.32 Å². The number of amides is 1. The maximum Gasteiger partial charge on any atom is 0.234 e. The van der Waals surface area contributed by atoms with Crippen molar-refractivity contribution in [2.45, 2.75) is 11.4 Å². The molecular weight excluding hydrogens is 344 g/mol. The first-order chi connectivity index (χ1) is 12.1. The molecule has 0 saturated carbocycles. The van der Waals surface area contributed by atoms with Crippen LogP contribution in [0.15, 0.2) is 65.8 Å². The van der Waals surface area contributed by atoms with E-state index in [1.54, 1.807) is 17.1 Å². The van der Waals surface area contributed by atoms with E-state index in [9.17, 15) is 13.6 Å². The van der Waals surface area contributed by atoms with Crippen molar-refractivity contribution in [1.29, 1.82) is 0 Å². The quantitative estimate of drug-likeness (QED) is 0.678. The van der Waals surface area contributed by atoms with E-state index < -0.39 is 11.6 Å². The molecule has 0 radical (unpaired) electrons. The van der Waals surface area contributed by atoms with Crippen LogP contribution in [-0.4, -0.2) is 21.4 Å². The molecule has 0 fully saturated rings. The van der Waals surface area contributed by atoms with Gasteiger partial charge in [0.05, 0.1) is 24.2 Å². The molecule has 0 spiro atoms. The minimum atomic E-state index is -0.924. The zero-order chi connectivity index (χ0) is 17.6. The van der Waals surface area contributed by atoms with E-state index in [1.165, 1.54) is 6.07 Å². The van der Waals surface area contributed by atoms with Gasteiger partial charge in [-0.15, -0.1) is 11.8 Å². The Morgan fingerprint density at radius 1 is 1.12 bits per heavy atom. The summed E-state index contributed by atoms with van der Waals surface area (Å²) in [6, 6.07) is 13.4. The van der Waals surface area contributed by atoms with Crippen LogP contribution >= 0.6 is 11.8 Å². The number of benzene rings is 2. The summed E-state index contributed by atoms with van der Waals surface area (Å²) in [4.78, 5) is 12.5. The highest BCUT2D eigenvalue weighted by atomic mass is 32.2. The third kappa shape index (κ3) is 4.90. The van der Waals surface area contributed by atoms with Gasteiger partial charge in [0.2, 0.25) is 5.91 Å². The Morgan fingerprint density at radius 2 is 1.92 bits per heavy atom. The third-order valence-corrected chi connectivity index (χ3v) is 4.36. The number of rotatable bonds is 6. The summed E-state index contributed by atoms with van der Waals surface area (Å²) in [5.41, 5.74) is 1.70. The third-order valence-electron chi connectivity index (χ3n) is 3.37. The second-order valence-electron chi connectivity index (χ2n) is 5.32. The highest BCUT2D eigenvalue weighted by Crippen LogP contribution is 2.20. The van der Waals surface area contributed by atoms with Gasteiger partial charge in [-0.3, -0.25) is 9.48 Å². The molecule has 1 aromatic heterocycles. The first-order valence-electron chi connectivity index (χ1n) is 7.54. The lowest BCUT2D eigenvalue weighted by Crippen LogP contribution is -2.13. The van der Waals surface area contributed by atoms with E-state index in [0.29, 0.717) is 17.1 Å². The average Bonchev–Trinajstić information content (AvgIpc) is 3.03. The molecule has 25 heavy (non-hydrogen) atoms. The van der Waals surface area contributed by atoms with Crippen LogP contribution in [0.25, 0.3) is 0 Å². The molecule has 1 heterocycles. The van der Waals surface area contributed by atoms with Crippen LogP contribution in [0.4, 0.5) is 14.5 Å². The standard InChI is InChI=1S/C18H15F2N3OS/c19-16-7-6-15(8-17(16)20)25-12-18(24)22-14-9-21-23(11-14)10-13-4-2-1-3-5-13/h1-9,11H,10,12H2,(H,22,24). The Hall–Kier alpha value is -2.67. The van der Waals surface area contributed by atoms with Gasteiger partial charge in [0, 0.05) is 11.1 Å². The zero-order valence-corrected chi connectivity index (χ0v) is 14.0. The molecule has 0 aliphatic heterocycles. The summed E-state index contributed by atoms with van der Waals surface area (Å²) in [5, 5.41) is 6.94. The van der Waals surface area contributed by atoms with E-state index >= 15 is 0 Å². The lowest BCUT2D eigenvalue weighted by Gasteiger charge is -2.04. The normalized spacial score (nSPS) is 10.6. The molecule has 0 aliphatic rings. The number of carbonyl (C=O) groups excluding carboxylic acids is 1. The van der Waals surface area contributed by atoms with Crippen molar-refractivity contribution in [3.05, 3.63) is 78.1 Å². The lowest BCUT2D eigenvalue weighted by molar-refractivity contribution is -0.113. The van der Waals surface area contributed by atoms with Crippen LogP contribution in [0.5, 0.6) is 0 Å². The largest absolute Gasteiger partial charge is 0.323 e. The summed E-state index contributed by atoms with van der Waals surface area (Å²) in [6.45, 7) is 0.611. The van der Waals surface area contributed by atoms with Crippen LogP contribution in [0, 0.1) is 11.6 Å². The fourth-order valence-corrected chi connectivity index (χ4v) is 2.92. The molecule has 1 amide bonds. The van der Waals surface area contributed by atoms with E-state index in [0.717, 1.165) is 29.5 Å². The molecule has 0 atom stereocenters. The van der Waals surface area contributed by atoms with Crippen LogP contribution in [0.2, 0.25) is 0 Å². The number of nitrogens with zero attached hydrogens (tertiary/aromatic N) is 2. The predicted octanol–water partition coefficient (Wildman–Crippen LogP) is 3.94. The van der Waals surface area contributed by atoms with Crippen molar-refractivity contribution < 1.29 is 13.6 Å². The Bertz CT molecular complexity index is 868. The predicted molar refractivity (Wildman–Crippen MR) is 93.5 cm³/mol. The van der Waals surface area contributed by atoms with E-state index in [2.05, 4.69) is 10.4 Å². The molecule has 4 nitrogen and oxygen atoms in total. The summed E-state index contributed by atoms with van der Waals surface area (Å²) in [5.74, 6) is -1.98. The van der Waals surface area contributed by atoms with Crippen molar-refractivity contribution in [1.82, 2.24) is 9.78 Å². The first kappa shape index (κ1) is 17.2. The molecule has 2 aromatic carbocycles. The molecule has 3 rings (SSSR count). The second kappa shape index (κ2) is 7.94. The highest BCUT2D eigenvalue weighted by Gasteiger charge is 2.08. The molecule has 0 unspecified atom stereocenters. The Kier molecular flexibility index (Phi) is 5.45. The Labute approximate surface area is 147 Å². The monoisotopic (exact) mass is 359 g/mol. The Morgan fingerprint density at radius 3 is 2.68 bits per heavy atom. The molecule has 7 heteroatoms. The minimum Gasteiger partial charge on any atom is -0.323 e. The average molecular weight is 359 g/mol. The van der Waals surface area contributed by atoms with Gasteiger partial charge < -0.3 is 5.32 Å². The zero-order valence-electron chi connectivity index (χ0n) is 13.2. The lowest BCUT2D eigenvalue weighted by atomic mass is 10.2. The van der Waals surface area contributed by atoms with Crippen molar-refractivity contribution in [2.75, 3.05) is 11.1 Å². The SMILES string of the molecule is O=C(CSc1ccc(F)c(F)c1)Nc1cnn(Cc2ccccc2)c1. The number of carbonyl (C=O) groups is 1. The molecule has 0 saturated heterocycles. The van der Waals surface area contributed by atoms with E-state index in [-0.39, 0.29) is 11.7 Å². The van der Waals surface area contributed by atoms with Gasteiger partial charge >= 0.3 is 0 Å². The number of hydrogen-bond acceptors (Lipinski definition) is 3. The topological polar surface area (TPSA) is 46.9 Å². The fourth-order valence-electron chi connectivity index (χ4n) is 2.20. The van der Waals surface area contributed by atoms with Gasteiger partial charge in [0.1, 0.15) is 0 Å². The number of halogens is 2. The minimum absolute atomic E-state index is 0.0922. The molecule has 128 valence electrons. The maximum absolute atomic E-state index is 13.1. The smallest absolute Gasteiger partial charge is 0.234 e. The molecular formula is C18H15F2N3OS. The summed E-state index contributed by atoms with van der Waals surface area (Å²) < 4.78 is 27.7. The molecule has 1 N–H and O–H groups in total. The van der Waals surface area contributed by atoms with Gasteiger partial charge in [0.15, 0.2) is 11.6 Å². The summed E-state index contributed by atoms with van der Waals surface area (Å²) in [6.07, 6.45) is 3.32. The van der Waals surface area contributed by atoms with Gasteiger partial charge in [0.25, 0.3) is 0 Å². The van der Waals surface area contributed by atoms with Crippen LogP contribution in [0.1, 0.15) is 5.56 Å². The van der Waals surface area contributed by atoms with Crippen molar-refractivity contribution in [3.63, 3.8) is 0 Å². The number of anilines is 1. The van der Waals surface area contributed by atoms with Gasteiger partial charge in [-0.2, -0.15) is 5.10 Å². The highest BCUT2D eigenvalue weighted by molar-refractivity contribution is 8.00. The maximum atomic E-state index is 13.1. The molecule has 0 aliphatic carbocycles. The molecule has 0 bridgehead atoms. The van der Waals surface area contributed by atoms with Crippen LogP contribution in [0.3, 0.4) is 0 Å². The number of hydrogen-bond donors (Lipinski definition) is 1. The number of thioether (sulfide) groups is 1. The second-order valence-corrected chi connectivity index (χ2v) is 6.37. The van der Waals surface area contributed by atoms with E-state index in [1.807, 2.05) is 30.3 Å². The summed E-state index contributed by atoms with van der Waals surface area (Å²) >= 11 is 1.13. The van der Waals surface area contributed by atoms with Crippen LogP contribution in [-0.2, 0) is 11.3 Å². The van der Waals surface area contributed by atoms with Crippen molar-refractivity contribution in [3.8, 4) is 0 Å². The van der Waals surface area contributed by atoms with Crippen molar-refractivity contribution >= 4 is 23.4 Å². The fraction of sp³-hybridized carbons (Fsp3) is 0.111. The van der Waals surface area contributed by atoms with Gasteiger partial charge in [-0.25, -0.2) is 8.78 Å². The summed E-state index contributed by atoms with van der Waals surface area (Å²) in [7, 11) is 0. The molecule has 3 aromatic rings. The van der Waals surface area contributed by atoms with Gasteiger partial charge in [-0.05, 0) is 23.8 Å². The number of aromatic nitrogens is 2. The number of nitrogens with one attached hydrogen (secondary N) is 1.